The van der Waals surface area contributed by atoms with E-state index in [0.717, 1.165) is 22.8 Å². The Labute approximate surface area is 174 Å². The Morgan fingerprint density at radius 2 is 0.909 bits per heavy atom. The molecular weight excluding hydrogens is 561 g/mol. The molecule has 7 heteroatoms. The monoisotopic (exact) mass is 574 g/mol. The molecule has 3 nitrogen and oxygen atoms in total. The van der Waals surface area contributed by atoms with E-state index < -0.39 is 0 Å². The van der Waals surface area contributed by atoms with Gasteiger partial charge in [0, 0.05) is 12.4 Å². The smallest absolute Gasteiger partial charge is 1.00 e. The van der Waals surface area contributed by atoms with Crippen LogP contribution in [0.3, 0.4) is 0 Å². The molecule has 3 aromatic heterocycles. The summed E-state index contributed by atoms with van der Waals surface area (Å²) in [6.45, 7) is 0. The van der Waals surface area contributed by atoms with Gasteiger partial charge < -0.3 is 12.4 Å². The van der Waals surface area contributed by atoms with Crippen molar-refractivity contribution in [2.75, 3.05) is 0 Å². The molecule has 109 valence electrons. The van der Waals surface area contributed by atoms with Crippen molar-refractivity contribution in [2.24, 2.45) is 0 Å². The molecule has 3 aromatic rings. The van der Waals surface area contributed by atoms with Crippen LogP contribution < -0.4 is 12.4 Å². The maximum absolute atomic E-state index is 4.59. The summed E-state index contributed by atoms with van der Waals surface area (Å²) in [4.78, 5) is 13.2. The molecule has 0 aliphatic carbocycles. The first-order valence-corrected chi connectivity index (χ1v) is 5.73. The Kier molecular flexibility index (Phi) is 13.1. The zero-order valence-corrected chi connectivity index (χ0v) is 17.1. The molecule has 0 aromatic carbocycles. The molecule has 0 N–H and O–H groups in total. The van der Waals surface area contributed by atoms with E-state index in [1.54, 1.807) is 12.4 Å². The van der Waals surface area contributed by atoms with Gasteiger partial charge in [0.15, 0.2) is 0 Å². The second-order valence-corrected chi connectivity index (χ2v) is 3.84. The topological polar surface area (TPSA) is 38.7 Å². The molecule has 0 fully saturated rings. The third-order valence-corrected chi connectivity index (χ3v) is 2.60. The Hall–Kier alpha value is -0.390. The first kappa shape index (κ1) is 23.9. The van der Waals surface area contributed by atoms with Gasteiger partial charge in [0.2, 0.25) is 0 Å². The van der Waals surface area contributed by atoms with Crippen molar-refractivity contribution in [1.82, 2.24) is 15.0 Å². The van der Waals surface area contributed by atoms with E-state index in [0.29, 0.717) is 0 Å². The van der Waals surface area contributed by atoms with E-state index >= 15 is 0 Å². The van der Waals surface area contributed by atoms with Gasteiger partial charge in [0.25, 0.3) is 0 Å². The molecule has 0 aliphatic rings. The molecule has 0 bridgehead atoms. The van der Waals surface area contributed by atoms with Crippen LogP contribution in [-0.4, -0.2) is 15.0 Å². The van der Waals surface area contributed by atoms with Crippen LogP contribution in [0.1, 0.15) is 0 Å². The summed E-state index contributed by atoms with van der Waals surface area (Å²) >= 11 is 0. The largest absolute Gasteiger partial charge is 3.00 e. The minimum atomic E-state index is 0. The number of aromatic nitrogens is 3. The fourth-order valence-electron chi connectivity index (χ4n) is 1.75. The maximum Gasteiger partial charge on any atom is 3.00 e. The maximum atomic E-state index is 4.59. The molecule has 0 spiro atoms. The van der Waals surface area contributed by atoms with Crippen LogP contribution in [0.5, 0.6) is 0 Å². The van der Waals surface area contributed by atoms with Crippen molar-refractivity contribution in [3.8, 4) is 22.8 Å². The molecule has 3 radical (unpaired) electrons. The molecule has 3 rings (SSSR count). The average Bonchev–Trinajstić information content (AvgIpc) is 2.49. The molecule has 0 amide bonds. The van der Waals surface area contributed by atoms with E-state index in [4.69, 9.17) is 0 Å². The van der Waals surface area contributed by atoms with Crippen LogP contribution in [0, 0.1) is 0 Å². The van der Waals surface area contributed by atoms with E-state index in [1.807, 2.05) is 54.6 Å². The number of rotatable bonds is 2. The van der Waals surface area contributed by atoms with E-state index in [1.165, 1.54) is 0 Å². The minimum Gasteiger partial charge on any atom is -1.00 e. The molecule has 0 aliphatic heterocycles. The van der Waals surface area contributed by atoms with Crippen molar-refractivity contribution in [3.63, 3.8) is 0 Å². The van der Waals surface area contributed by atoms with Gasteiger partial charge in [0.05, 0.1) is 22.8 Å². The summed E-state index contributed by atoms with van der Waals surface area (Å²) in [6, 6.07) is 17.5. The Balaban J connectivity index is 0. The first-order valence-electron chi connectivity index (χ1n) is 5.73. The molecular formula is C15H11ClN3Ru3+8. The number of pyridine rings is 3. The average molecular weight is 572 g/mol. The van der Waals surface area contributed by atoms with Gasteiger partial charge in [-0.3, -0.25) is 9.97 Å². The van der Waals surface area contributed by atoms with Crippen molar-refractivity contribution < 1.29 is 70.8 Å². The van der Waals surface area contributed by atoms with Crippen LogP contribution in [0.25, 0.3) is 22.8 Å². The number of halogens is 1. The predicted molar refractivity (Wildman–Crippen MR) is 70.7 cm³/mol. The van der Waals surface area contributed by atoms with Crippen molar-refractivity contribution in [2.45, 2.75) is 0 Å². The zero-order valence-electron chi connectivity index (χ0n) is 11.1. The summed E-state index contributed by atoms with van der Waals surface area (Å²) in [5.74, 6) is 0. The first-order chi connectivity index (χ1) is 8.93. The van der Waals surface area contributed by atoms with E-state index in [9.17, 15) is 0 Å². The van der Waals surface area contributed by atoms with Crippen LogP contribution in [0.15, 0.2) is 67.0 Å². The third-order valence-electron chi connectivity index (χ3n) is 2.60. The van der Waals surface area contributed by atoms with Gasteiger partial charge in [-0.1, -0.05) is 18.2 Å². The molecule has 3 heterocycles. The van der Waals surface area contributed by atoms with Crippen LogP contribution in [-0.2, 0) is 58.4 Å². The summed E-state index contributed by atoms with van der Waals surface area (Å²) in [5, 5.41) is 0. The quantitative estimate of drug-likeness (QED) is 0.413. The fourth-order valence-corrected chi connectivity index (χ4v) is 1.75. The Morgan fingerprint density at radius 3 is 1.27 bits per heavy atom. The van der Waals surface area contributed by atoms with Gasteiger partial charge in [0.1, 0.15) is 0 Å². The van der Waals surface area contributed by atoms with Gasteiger partial charge in [-0.25, -0.2) is 4.98 Å². The Bertz CT molecular complexity index is 600. The van der Waals surface area contributed by atoms with Crippen LogP contribution in [0.4, 0.5) is 0 Å². The molecule has 0 saturated heterocycles. The van der Waals surface area contributed by atoms with Gasteiger partial charge in [-0.05, 0) is 36.4 Å². The number of hydrogen-bond acceptors (Lipinski definition) is 3. The second kappa shape index (κ2) is 12.1. The number of nitrogens with zero attached hydrogens (tertiary/aromatic N) is 3. The molecule has 22 heavy (non-hydrogen) atoms. The zero-order chi connectivity index (χ0) is 12.2. The van der Waals surface area contributed by atoms with E-state index in [-0.39, 0.29) is 70.8 Å². The molecule has 0 atom stereocenters. The third kappa shape index (κ3) is 6.01. The van der Waals surface area contributed by atoms with E-state index in [2.05, 4.69) is 15.0 Å². The summed E-state index contributed by atoms with van der Waals surface area (Å²) in [6.07, 6.45) is 3.54. The standard InChI is InChI=1S/C15H11N3.ClH.3Ru/c1-3-10-16-12(6-1)14-8-5-9-15(18-14)13-7-2-4-11-17-13;;;;/h1-11H;1H;;;/q;;3*+3/p-1. The van der Waals surface area contributed by atoms with Crippen LogP contribution >= 0.6 is 0 Å². The normalized spacial score (nSPS) is 8.36. The van der Waals surface area contributed by atoms with Crippen LogP contribution in [0.2, 0.25) is 0 Å². The van der Waals surface area contributed by atoms with Crippen molar-refractivity contribution in [3.05, 3.63) is 67.0 Å². The Morgan fingerprint density at radius 1 is 0.500 bits per heavy atom. The van der Waals surface area contributed by atoms with Gasteiger partial charge in [-0.2, -0.15) is 0 Å². The summed E-state index contributed by atoms with van der Waals surface area (Å²) in [5.41, 5.74) is 3.46. The fraction of sp³-hybridized carbons (Fsp3) is 0. The SMILES string of the molecule is [Cl-].[Ru+3].[Ru+3].[Ru+3].c1ccc(-c2cccc(-c3ccccn3)n2)nc1. The van der Waals surface area contributed by atoms with Gasteiger partial charge in [-0.15, -0.1) is 0 Å². The van der Waals surface area contributed by atoms with Gasteiger partial charge >= 0.3 is 58.4 Å². The molecule has 0 unspecified atom stereocenters. The predicted octanol–water partition coefficient (Wildman–Crippen LogP) is 0.202. The molecule has 0 saturated carbocycles. The number of hydrogen-bond donors (Lipinski definition) is 0. The van der Waals surface area contributed by atoms with Crippen molar-refractivity contribution in [1.29, 1.82) is 0 Å². The second-order valence-electron chi connectivity index (χ2n) is 3.84. The van der Waals surface area contributed by atoms with Crippen molar-refractivity contribution >= 4 is 0 Å². The summed E-state index contributed by atoms with van der Waals surface area (Å²) < 4.78 is 0. The minimum absolute atomic E-state index is 0. The summed E-state index contributed by atoms with van der Waals surface area (Å²) in [7, 11) is 0.